The fourth-order valence-corrected chi connectivity index (χ4v) is 7.08. The molecule has 0 aromatic heterocycles. The van der Waals surface area contributed by atoms with Crippen molar-refractivity contribution in [2.24, 2.45) is 0 Å². The van der Waals surface area contributed by atoms with Gasteiger partial charge < -0.3 is 14.4 Å². The van der Waals surface area contributed by atoms with Gasteiger partial charge in [-0.3, -0.25) is 10.1 Å². The van der Waals surface area contributed by atoms with E-state index >= 15 is 0 Å². The Hall–Kier alpha value is -2.61. The quantitative estimate of drug-likeness (QED) is 0.407. The number of esters is 1. The van der Waals surface area contributed by atoms with Crippen LogP contribution in [0.1, 0.15) is 40.2 Å². The molecule has 3 rings (SSSR count). The Balaban J connectivity index is 2.09. The third-order valence-corrected chi connectivity index (χ3v) is 9.72. The first-order chi connectivity index (χ1) is 18.9. The van der Waals surface area contributed by atoms with Gasteiger partial charge in [-0.05, 0) is 76.6 Å². The second-order valence-corrected chi connectivity index (χ2v) is 15.3. The second kappa shape index (κ2) is 12.7. The normalized spacial score (nSPS) is 17.4. The highest BCUT2D eigenvalue weighted by atomic mass is 79.9. The number of thioether (sulfide) groups is 1. The van der Waals surface area contributed by atoms with E-state index in [4.69, 9.17) is 9.47 Å². The largest absolute Gasteiger partial charge is 0.458 e. The summed E-state index contributed by atoms with van der Waals surface area (Å²) in [4.78, 5) is 40.8. The number of halogens is 1. The maximum absolute atomic E-state index is 14.1. The molecule has 13 heteroatoms. The van der Waals surface area contributed by atoms with E-state index in [9.17, 15) is 22.8 Å². The molecule has 0 aliphatic carbocycles. The molecule has 1 aliphatic rings. The number of ether oxygens (including phenoxy) is 2. The van der Waals surface area contributed by atoms with Crippen molar-refractivity contribution in [3.05, 3.63) is 58.6 Å². The molecule has 0 unspecified atom stereocenters. The number of hydrogen-bond donors (Lipinski definition) is 1. The maximum atomic E-state index is 14.1. The molecule has 41 heavy (non-hydrogen) atoms. The molecule has 0 radical (unpaired) electrons. The van der Waals surface area contributed by atoms with Crippen molar-refractivity contribution in [3.8, 4) is 5.75 Å². The summed E-state index contributed by atoms with van der Waals surface area (Å²) in [6.07, 6.45) is -0.731. The van der Waals surface area contributed by atoms with Crippen molar-refractivity contribution >= 4 is 55.7 Å². The van der Waals surface area contributed by atoms with Crippen LogP contribution in [0.5, 0.6) is 5.75 Å². The topological polar surface area (TPSA) is 122 Å². The van der Waals surface area contributed by atoms with Gasteiger partial charge in [-0.25, -0.2) is 22.3 Å². The lowest BCUT2D eigenvalue weighted by Gasteiger charge is -2.33. The van der Waals surface area contributed by atoms with Crippen LogP contribution in [0.3, 0.4) is 0 Å². The highest BCUT2D eigenvalue weighted by Crippen LogP contribution is 2.32. The molecular weight excluding hydrogens is 634 g/mol. The minimum atomic E-state index is -4.51. The predicted molar refractivity (Wildman–Crippen MR) is 161 cm³/mol. The second-order valence-electron chi connectivity index (χ2n) is 11.5. The Morgan fingerprint density at radius 2 is 1.66 bits per heavy atom. The molecule has 224 valence electrons. The van der Waals surface area contributed by atoms with Crippen LogP contribution in [0, 0.1) is 0 Å². The van der Waals surface area contributed by atoms with E-state index in [0.29, 0.717) is 20.1 Å². The van der Waals surface area contributed by atoms with Crippen molar-refractivity contribution in [1.29, 1.82) is 0 Å². The molecule has 10 nitrogen and oxygen atoms in total. The number of nitrogens with zero attached hydrogens (tertiary/aromatic N) is 2. The van der Waals surface area contributed by atoms with Gasteiger partial charge in [-0.1, -0.05) is 28.1 Å². The molecule has 1 fully saturated rings. The van der Waals surface area contributed by atoms with Gasteiger partial charge in [0.15, 0.2) is 0 Å². The van der Waals surface area contributed by atoms with Gasteiger partial charge in [0, 0.05) is 36.3 Å². The van der Waals surface area contributed by atoms with E-state index in [0.717, 1.165) is 0 Å². The number of carbonyl (C=O) groups excluding carboxylic acids is 3. The Bertz CT molecular complexity index is 1370. The molecule has 0 saturated carbocycles. The van der Waals surface area contributed by atoms with E-state index < -0.39 is 50.5 Å². The van der Waals surface area contributed by atoms with E-state index in [1.54, 1.807) is 59.1 Å². The lowest BCUT2D eigenvalue weighted by Crippen LogP contribution is -2.56. The molecule has 0 spiro atoms. The zero-order chi connectivity index (χ0) is 30.8. The number of amides is 2. The number of benzene rings is 2. The fraction of sp³-hybridized carbons (Fsp3) is 0.464. The molecule has 2 aromatic rings. The maximum Gasteiger partial charge on any atom is 0.414 e. The molecule has 1 heterocycles. The van der Waals surface area contributed by atoms with Gasteiger partial charge in [0.2, 0.25) is 0 Å². The third kappa shape index (κ3) is 8.69. The van der Waals surface area contributed by atoms with Crippen molar-refractivity contribution < 1.29 is 32.3 Å². The van der Waals surface area contributed by atoms with Crippen molar-refractivity contribution in [2.75, 3.05) is 19.8 Å². The SMILES string of the molecule is CN(C)C(=O)Oc1ccc(C[C@@H](C(=O)OC(C)(C)C)N(C(=O)[C@H]2NC(C)(C)CS2)S(=O)(=O)c2ccc(Br)cc2)cc1. The van der Waals surface area contributed by atoms with Crippen LogP contribution in [-0.2, 0) is 30.8 Å². The summed E-state index contributed by atoms with van der Waals surface area (Å²) >= 11 is 4.58. The zero-order valence-electron chi connectivity index (χ0n) is 24.1. The minimum Gasteiger partial charge on any atom is -0.458 e. The summed E-state index contributed by atoms with van der Waals surface area (Å²) in [5.74, 6) is -0.793. The lowest BCUT2D eigenvalue weighted by molar-refractivity contribution is -0.161. The van der Waals surface area contributed by atoms with Crippen molar-refractivity contribution in [2.45, 2.75) is 68.5 Å². The monoisotopic (exact) mass is 669 g/mol. The van der Waals surface area contributed by atoms with Gasteiger partial charge in [0.05, 0.1) is 4.90 Å². The molecule has 2 aromatic carbocycles. The smallest absolute Gasteiger partial charge is 0.414 e. The predicted octanol–water partition coefficient (Wildman–Crippen LogP) is 4.42. The number of carbonyl (C=O) groups is 3. The first kappa shape index (κ1) is 32.9. The fourth-order valence-electron chi connectivity index (χ4n) is 3.88. The highest BCUT2D eigenvalue weighted by Gasteiger charge is 2.47. The Morgan fingerprint density at radius 3 is 2.15 bits per heavy atom. The van der Waals surface area contributed by atoms with Crippen LogP contribution in [0.25, 0.3) is 0 Å². The summed E-state index contributed by atoms with van der Waals surface area (Å²) in [5, 5.41) is 2.28. The molecule has 0 bridgehead atoms. The molecule has 2 atom stereocenters. The van der Waals surface area contributed by atoms with Crippen LogP contribution in [0.4, 0.5) is 4.79 Å². The summed E-state index contributed by atoms with van der Waals surface area (Å²) in [7, 11) is -1.40. The van der Waals surface area contributed by atoms with Gasteiger partial charge in [0.1, 0.15) is 22.8 Å². The van der Waals surface area contributed by atoms with Gasteiger partial charge in [-0.2, -0.15) is 0 Å². The number of rotatable bonds is 8. The van der Waals surface area contributed by atoms with Crippen LogP contribution in [-0.4, -0.2) is 78.0 Å². The average Bonchev–Trinajstić information content (AvgIpc) is 3.23. The Morgan fingerprint density at radius 1 is 1.07 bits per heavy atom. The van der Waals surface area contributed by atoms with Crippen LogP contribution in [0.15, 0.2) is 57.9 Å². The molecule has 2 amide bonds. The highest BCUT2D eigenvalue weighted by molar-refractivity contribution is 9.10. The van der Waals surface area contributed by atoms with Crippen LogP contribution >= 0.6 is 27.7 Å². The minimum absolute atomic E-state index is 0.143. The van der Waals surface area contributed by atoms with Crippen molar-refractivity contribution in [3.63, 3.8) is 0 Å². The first-order valence-corrected chi connectivity index (χ1v) is 16.1. The summed E-state index contributed by atoms with van der Waals surface area (Å²) in [6.45, 7) is 8.83. The van der Waals surface area contributed by atoms with Crippen molar-refractivity contribution in [1.82, 2.24) is 14.5 Å². The first-order valence-electron chi connectivity index (χ1n) is 12.8. The zero-order valence-corrected chi connectivity index (χ0v) is 27.4. The standard InChI is InChI=1S/C28H36BrN3O7S2/c1-27(2,3)39-25(34)22(16-18-8-12-20(13-9-18)38-26(35)31(6)7)32(24(33)23-30-28(4,5)17-40-23)41(36,37)21-14-10-19(29)11-15-21/h8-15,22-23,30H,16-17H2,1-7H3/t22-,23-/m0/s1. The van der Waals surface area contributed by atoms with Crippen LogP contribution in [0.2, 0.25) is 0 Å². The Labute approximate surface area is 254 Å². The number of hydrogen-bond acceptors (Lipinski definition) is 9. The number of sulfonamides is 1. The summed E-state index contributed by atoms with van der Waals surface area (Å²) < 4.78 is 40.5. The van der Waals surface area contributed by atoms with Gasteiger partial charge in [-0.15, -0.1) is 11.8 Å². The Kier molecular flexibility index (Phi) is 10.2. The lowest BCUT2D eigenvalue weighted by atomic mass is 10.0. The van der Waals surface area contributed by atoms with E-state index in [-0.39, 0.29) is 17.1 Å². The number of nitrogens with one attached hydrogen (secondary N) is 1. The van der Waals surface area contributed by atoms with E-state index in [1.807, 2.05) is 13.8 Å². The van der Waals surface area contributed by atoms with Crippen LogP contribution < -0.4 is 10.1 Å². The molecule has 1 aliphatic heterocycles. The molecular formula is C28H36BrN3O7S2. The molecule has 1 saturated heterocycles. The van der Waals surface area contributed by atoms with E-state index in [2.05, 4.69) is 21.2 Å². The summed E-state index contributed by atoms with van der Waals surface area (Å²) in [5.41, 5.74) is -0.834. The summed E-state index contributed by atoms with van der Waals surface area (Å²) in [6, 6.07) is 10.6. The average molecular weight is 671 g/mol. The van der Waals surface area contributed by atoms with Gasteiger partial charge in [0.25, 0.3) is 15.9 Å². The van der Waals surface area contributed by atoms with Gasteiger partial charge >= 0.3 is 12.1 Å². The van der Waals surface area contributed by atoms with E-state index in [1.165, 1.54) is 40.9 Å². The molecule has 1 N–H and O–H groups in total. The third-order valence-electron chi connectivity index (χ3n) is 5.83.